The second-order valence-corrected chi connectivity index (χ2v) is 4.74. The molecule has 1 aliphatic carbocycles. The summed E-state index contributed by atoms with van der Waals surface area (Å²) in [6.07, 6.45) is 7.77. The Balaban J connectivity index is 2.10. The number of hydrogen-bond donors (Lipinski definition) is 0. The second-order valence-electron chi connectivity index (χ2n) is 4.36. The fourth-order valence-corrected chi connectivity index (χ4v) is 2.17. The number of unbranched alkanes of at least 4 members (excludes halogenated alkanes) is 1. The lowest BCUT2D eigenvalue weighted by molar-refractivity contribution is 0.119. The average Bonchev–Trinajstić information content (AvgIpc) is 2.17. The second kappa shape index (κ2) is 8.37. The van der Waals surface area contributed by atoms with Gasteiger partial charge in [-0.05, 0) is 45.2 Å². The minimum Gasteiger partial charge on any atom is -0.385 e. The summed E-state index contributed by atoms with van der Waals surface area (Å²) in [4.78, 5) is 2.63. The fourth-order valence-electron chi connectivity index (χ4n) is 2.05. The monoisotopic (exact) mass is 233 g/mol. The highest BCUT2D eigenvalue weighted by Crippen LogP contribution is 2.25. The zero-order chi connectivity index (χ0) is 10.9. The van der Waals surface area contributed by atoms with Gasteiger partial charge in [0, 0.05) is 25.6 Å². The molecule has 1 rings (SSSR count). The van der Waals surface area contributed by atoms with Crippen molar-refractivity contribution in [3.63, 3.8) is 0 Å². The Kier molecular flexibility index (Phi) is 7.41. The van der Waals surface area contributed by atoms with Gasteiger partial charge in [0.2, 0.25) is 0 Å². The van der Waals surface area contributed by atoms with Crippen LogP contribution >= 0.6 is 11.6 Å². The maximum absolute atomic E-state index is 5.75. The lowest BCUT2D eigenvalue weighted by Crippen LogP contribution is -2.41. The fraction of sp³-hybridized carbons (Fsp3) is 1.00. The number of ether oxygens (including phenoxy) is 1. The molecule has 0 amide bonds. The molecule has 0 aromatic rings. The van der Waals surface area contributed by atoms with Crippen molar-refractivity contribution in [3.05, 3.63) is 0 Å². The summed E-state index contributed by atoms with van der Waals surface area (Å²) in [5.41, 5.74) is 0. The summed E-state index contributed by atoms with van der Waals surface area (Å²) < 4.78 is 5.07. The quantitative estimate of drug-likeness (QED) is 0.449. The van der Waals surface area contributed by atoms with E-state index < -0.39 is 0 Å². The van der Waals surface area contributed by atoms with Crippen LogP contribution in [0.2, 0.25) is 0 Å². The first-order chi connectivity index (χ1) is 7.38. The van der Waals surface area contributed by atoms with Crippen LogP contribution in [0.4, 0.5) is 0 Å². The Hall–Kier alpha value is 0.210. The number of alkyl halides is 1. The zero-order valence-corrected chi connectivity index (χ0v) is 10.6. The van der Waals surface area contributed by atoms with E-state index in [-0.39, 0.29) is 0 Å². The molecule has 0 atom stereocenters. The predicted octanol–water partition coefficient (Wildman–Crippen LogP) is 2.90. The van der Waals surface area contributed by atoms with E-state index in [0.717, 1.165) is 24.9 Å². The molecule has 0 aliphatic heterocycles. The third kappa shape index (κ3) is 5.19. The molecular weight excluding hydrogens is 210 g/mol. The highest BCUT2D eigenvalue weighted by Gasteiger charge is 2.23. The number of methoxy groups -OCH3 is 1. The maximum Gasteiger partial charge on any atom is 0.0462 e. The van der Waals surface area contributed by atoms with Crippen molar-refractivity contribution in [1.29, 1.82) is 0 Å². The Labute approximate surface area is 98.9 Å². The summed E-state index contributed by atoms with van der Waals surface area (Å²) in [5.74, 6) is 0.793. The molecule has 0 aromatic carbocycles. The summed E-state index contributed by atoms with van der Waals surface area (Å²) in [6, 6.07) is 0.857. The predicted molar refractivity (Wildman–Crippen MR) is 65.7 cm³/mol. The lowest BCUT2D eigenvalue weighted by Gasteiger charge is -2.37. The molecule has 0 aromatic heterocycles. The summed E-state index contributed by atoms with van der Waals surface area (Å²) in [6.45, 7) is 3.31. The molecule has 15 heavy (non-hydrogen) atoms. The Morgan fingerprint density at radius 3 is 2.47 bits per heavy atom. The summed E-state index contributed by atoms with van der Waals surface area (Å²) in [5, 5.41) is 0. The van der Waals surface area contributed by atoms with Crippen LogP contribution in [-0.4, -0.2) is 43.6 Å². The zero-order valence-electron chi connectivity index (χ0n) is 9.88. The number of nitrogens with zero attached hydrogens (tertiary/aromatic N) is 1. The Morgan fingerprint density at radius 2 is 1.93 bits per heavy atom. The molecule has 0 unspecified atom stereocenters. The molecule has 1 fully saturated rings. The smallest absolute Gasteiger partial charge is 0.0462 e. The Bertz CT molecular complexity index is 151. The third-order valence-electron chi connectivity index (χ3n) is 3.21. The van der Waals surface area contributed by atoms with E-state index in [2.05, 4.69) is 4.90 Å². The van der Waals surface area contributed by atoms with Gasteiger partial charge >= 0.3 is 0 Å². The van der Waals surface area contributed by atoms with Crippen molar-refractivity contribution in [1.82, 2.24) is 4.90 Å². The van der Waals surface area contributed by atoms with Gasteiger partial charge in [0.25, 0.3) is 0 Å². The van der Waals surface area contributed by atoms with Gasteiger partial charge in [-0.25, -0.2) is 0 Å². The van der Waals surface area contributed by atoms with Crippen LogP contribution in [0.15, 0.2) is 0 Å². The van der Waals surface area contributed by atoms with E-state index in [4.69, 9.17) is 16.3 Å². The number of hydrogen-bond acceptors (Lipinski definition) is 2. The molecule has 0 spiro atoms. The number of rotatable bonds is 9. The van der Waals surface area contributed by atoms with Crippen LogP contribution in [0.25, 0.3) is 0 Å². The summed E-state index contributed by atoms with van der Waals surface area (Å²) >= 11 is 5.75. The van der Waals surface area contributed by atoms with Crippen LogP contribution in [0, 0.1) is 0 Å². The molecule has 2 nitrogen and oxygen atoms in total. The van der Waals surface area contributed by atoms with Crippen molar-refractivity contribution < 1.29 is 4.74 Å². The largest absolute Gasteiger partial charge is 0.385 e. The van der Waals surface area contributed by atoms with Crippen molar-refractivity contribution in [3.8, 4) is 0 Å². The first-order valence-corrected chi connectivity index (χ1v) is 6.71. The molecule has 0 N–H and O–H groups in total. The highest BCUT2D eigenvalue weighted by molar-refractivity contribution is 6.17. The molecule has 0 saturated heterocycles. The minimum atomic E-state index is 0.793. The van der Waals surface area contributed by atoms with Gasteiger partial charge in [0.05, 0.1) is 0 Å². The van der Waals surface area contributed by atoms with Crippen molar-refractivity contribution in [2.24, 2.45) is 0 Å². The van der Waals surface area contributed by atoms with Gasteiger partial charge in [-0.1, -0.05) is 6.42 Å². The molecule has 1 aliphatic rings. The van der Waals surface area contributed by atoms with Crippen molar-refractivity contribution in [2.75, 3.05) is 32.7 Å². The van der Waals surface area contributed by atoms with Gasteiger partial charge in [-0.15, -0.1) is 11.6 Å². The van der Waals surface area contributed by atoms with Gasteiger partial charge in [0.15, 0.2) is 0 Å². The van der Waals surface area contributed by atoms with Crippen LogP contribution in [0.3, 0.4) is 0 Å². The standard InChI is InChI=1S/C12H24ClNO/c1-15-11-3-2-9-14(10-5-8-13)12-6-4-7-12/h12H,2-11H2,1H3. The topological polar surface area (TPSA) is 12.5 Å². The molecule has 1 saturated carbocycles. The van der Waals surface area contributed by atoms with Gasteiger partial charge < -0.3 is 9.64 Å². The SMILES string of the molecule is COCCCCN(CCCCl)C1CCC1. The van der Waals surface area contributed by atoms with E-state index in [9.17, 15) is 0 Å². The van der Waals surface area contributed by atoms with E-state index in [1.165, 1.54) is 45.2 Å². The van der Waals surface area contributed by atoms with E-state index in [1.807, 2.05) is 0 Å². The molecule has 0 radical (unpaired) electrons. The van der Waals surface area contributed by atoms with Crippen LogP contribution < -0.4 is 0 Å². The average molecular weight is 234 g/mol. The maximum atomic E-state index is 5.75. The number of halogens is 1. The van der Waals surface area contributed by atoms with E-state index in [0.29, 0.717) is 0 Å². The van der Waals surface area contributed by atoms with Gasteiger partial charge in [-0.3, -0.25) is 0 Å². The molecule has 3 heteroatoms. The lowest BCUT2D eigenvalue weighted by atomic mass is 9.91. The molecule has 90 valence electrons. The minimum absolute atomic E-state index is 0.793. The first-order valence-electron chi connectivity index (χ1n) is 6.17. The van der Waals surface area contributed by atoms with Crippen LogP contribution in [0.5, 0.6) is 0 Å². The third-order valence-corrected chi connectivity index (χ3v) is 3.48. The van der Waals surface area contributed by atoms with Gasteiger partial charge in [-0.2, -0.15) is 0 Å². The summed E-state index contributed by atoms with van der Waals surface area (Å²) in [7, 11) is 1.77. The molecule has 0 heterocycles. The van der Waals surface area contributed by atoms with Crippen molar-refractivity contribution in [2.45, 2.75) is 44.6 Å². The van der Waals surface area contributed by atoms with Crippen LogP contribution in [-0.2, 0) is 4.74 Å². The highest BCUT2D eigenvalue weighted by atomic mass is 35.5. The Morgan fingerprint density at radius 1 is 1.20 bits per heavy atom. The molecular formula is C12H24ClNO. The van der Waals surface area contributed by atoms with Gasteiger partial charge in [0.1, 0.15) is 0 Å². The first kappa shape index (κ1) is 13.3. The van der Waals surface area contributed by atoms with E-state index >= 15 is 0 Å². The molecule has 0 bridgehead atoms. The van der Waals surface area contributed by atoms with E-state index in [1.54, 1.807) is 7.11 Å². The normalized spacial score (nSPS) is 17.0. The van der Waals surface area contributed by atoms with Crippen molar-refractivity contribution >= 4 is 11.6 Å². The van der Waals surface area contributed by atoms with Crippen LogP contribution in [0.1, 0.15) is 38.5 Å².